The smallest absolute Gasteiger partial charge is 0.333 e. The number of esters is 1. The average molecular weight is 548 g/mol. The summed E-state index contributed by atoms with van der Waals surface area (Å²) in [4.78, 5) is 11.3. The summed E-state index contributed by atoms with van der Waals surface area (Å²) in [5, 5.41) is 9.81. The molecule has 0 N–H and O–H groups in total. The molecule has 0 spiro atoms. The minimum Gasteiger partial charge on any atom is -0.493 e. The first-order chi connectivity index (χ1) is 19.5. The number of fused-ring (bicyclic) bond motifs is 1. The van der Waals surface area contributed by atoms with Crippen LogP contribution >= 0.6 is 0 Å². The second-order valence-electron chi connectivity index (χ2n) is 9.89. The fourth-order valence-electron chi connectivity index (χ4n) is 4.36. The average Bonchev–Trinajstić information content (AvgIpc) is 2.98. The van der Waals surface area contributed by atoms with Crippen LogP contribution in [-0.2, 0) is 9.53 Å². The highest BCUT2D eigenvalue weighted by Crippen LogP contribution is 2.34. The van der Waals surface area contributed by atoms with E-state index in [1.54, 1.807) is 14.0 Å². The van der Waals surface area contributed by atoms with Crippen molar-refractivity contribution in [2.75, 3.05) is 33.5 Å². The molecule has 0 atom stereocenters. The molecule has 0 aromatic heterocycles. The lowest BCUT2D eigenvalue weighted by molar-refractivity contribution is -0.139. The lowest BCUT2D eigenvalue weighted by Crippen LogP contribution is -2.15. The summed E-state index contributed by atoms with van der Waals surface area (Å²) < 4.78 is 27.9. The van der Waals surface area contributed by atoms with E-state index in [9.17, 15) is 10.1 Å². The van der Waals surface area contributed by atoms with Gasteiger partial charge in [0.05, 0.1) is 32.0 Å². The maximum absolute atomic E-state index is 11.3. The maximum atomic E-state index is 11.3. The zero-order valence-electron chi connectivity index (χ0n) is 23.8. The molecule has 0 bridgehead atoms. The third-order valence-electron chi connectivity index (χ3n) is 6.60. The molecule has 3 rings (SSSR count). The lowest BCUT2D eigenvalue weighted by atomic mass is 10.0. The van der Waals surface area contributed by atoms with Crippen molar-refractivity contribution in [3.63, 3.8) is 0 Å². The Morgan fingerprint density at radius 2 is 1.55 bits per heavy atom. The van der Waals surface area contributed by atoms with Crippen molar-refractivity contribution in [3.05, 3.63) is 59.7 Å². The summed E-state index contributed by atoms with van der Waals surface area (Å²) in [6, 6.07) is 13.5. The highest BCUT2D eigenvalue weighted by Gasteiger charge is 2.13. The van der Waals surface area contributed by atoms with Crippen LogP contribution in [0.4, 0.5) is 0 Å². The zero-order valence-corrected chi connectivity index (χ0v) is 23.8. The molecular formula is C33H41NO6. The van der Waals surface area contributed by atoms with Gasteiger partial charge in [0.1, 0.15) is 13.2 Å². The number of ether oxygens (including phenoxy) is 5. The van der Waals surface area contributed by atoms with Crippen LogP contribution in [-0.4, -0.2) is 39.5 Å². The topological polar surface area (TPSA) is 87.0 Å². The fourth-order valence-corrected chi connectivity index (χ4v) is 4.36. The SMILES string of the molecule is C=C(C)C(=O)OCCCCCCCCCCCOc1ccc(/C(C#N)=C/c2ccc3c(c2)OCCO3)cc1OC. The van der Waals surface area contributed by atoms with Gasteiger partial charge in [-0.2, -0.15) is 5.26 Å². The van der Waals surface area contributed by atoms with Gasteiger partial charge >= 0.3 is 5.97 Å². The van der Waals surface area contributed by atoms with Crippen LogP contribution in [0.3, 0.4) is 0 Å². The highest BCUT2D eigenvalue weighted by atomic mass is 16.6. The number of carbonyl (C=O) groups is 1. The van der Waals surface area contributed by atoms with Gasteiger partial charge < -0.3 is 23.7 Å². The largest absolute Gasteiger partial charge is 0.493 e. The minimum absolute atomic E-state index is 0.297. The van der Waals surface area contributed by atoms with Crippen molar-refractivity contribution in [3.8, 4) is 29.1 Å². The number of benzene rings is 2. The second-order valence-corrected chi connectivity index (χ2v) is 9.89. The Kier molecular flexibility index (Phi) is 12.9. The van der Waals surface area contributed by atoms with Gasteiger partial charge in [-0.05, 0) is 67.3 Å². The van der Waals surface area contributed by atoms with Crippen molar-refractivity contribution in [1.82, 2.24) is 0 Å². The first-order valence-corrected chi connectivity index (χ1v) is 14.2. The van der Waals surface area contributed by atoms with Crippen LogP contribution < -0.4 is 18.9 Å². The Hall–Kier alpha value is -3.92. The minimum atomic E-state index is -0.297. The van der Waals surface area contributed by atoms with Gasteiger partial charge in [0, 0.05) is 5.57 Å². The molecule has 1 heterocycles. The van der Waals surface area contributed by atoms with E-state index in [-0.39, 0.29) is 5.97 Å². The van der Waals surface area contributed by atoms with Gasteiger partial charge in [-0.1, -0.05) is 57.6 Å². The first-order valence-electron chi connectivity index (χ1n) is 14.2. The van der Waals surface area contributed by atoms with Crippen molar-refractivity contribution in [2.24, 2.45) is 0 Å². The summed E-state index contributed by atoms with van der Waals surface area (Å²) in [6.45, 7) is 7.41. The summed E-state index contributed by atoms with van der Waals surface area (Å²) >= 11 is 0. The standard InChI is InChI=1S/C33H41NO6/c1-25(2)33(35)40-18-12-10-8-6-4-5-7-9-11-17-37-29-16-14-27(23-31(29)36-3)28(24-34)21-26-13-15-30-32(22-26)39-20-19-38-30/h13-16,21-23H,1,4-12,17-20H2,2-3H3/b28-21+. The molecule has 0 unspecified atom stereocenters. The van der Waals surface area contributed by atoms with E-state index in [0.717, 1.165) is 42.6 Å². The fraction of sp³-hybridized carbons (Fsp3) is 0.455. The Bertz CT molecular complexity index is 1200. The van der Waals surface area contributed by atoms with E-state index in [2.05, 4.69) is 12.6 Å². The number of carbonyl (C=O) groups excluding carboxylic acids is 1. The quantitative estimate of drug-likeness (QED) is 0.0665. The van der Waals surface area contributed by atoms with E-state index in [4.69, 9.17) is 23.7 Å². The Labute approximate surface area is 238 Å². The number of allylic oxidation sites excluding steroid dienone is 1. The number of hydrogen-bond donors (Lipinski definition) is 0. The predicted octanol–water partition coefficient (Wildman–Crippen LogP) is 7.54. The molecule has 0 aliphatic carbocycles. The van der Waals surface area contributed by atoms with Gasteiger partial charge in [0.2, 0.25) is 0 Å². The van der Waals surface area contributed by atoms with Gasteiger partial charge in [0.25, 0.3) is 0 Å². The third-order valence-corrected chi connectivity index (χ3v) is 6.60. The van der Waals surface area contributed by atoms with Gasteiger partial charge in [-0.3, -0.25) is 0 Å². The Morgan fingerprint density at radius 3 is 2.20 bits per heavy atom. The zero-order chi connectivity index (χ0) is 28.6. The Morgan fingerprint density at radius 1 is 0.900 bits per heavy atom. The molecular weight excluding hydrogens is 506 g/mol. The lowest BCUT2D eigenvalue weighted by Gasteiger charge is -2.18. The molecule has 0 saturated carbocycles. The summed E-state index contributed by atoms with van der Waals surface area (Å²) in [7, 11) is 1.61. The van der Waals surface area contributed by atoms with E-state index < -0.39 is 0 Å². The molecule has 2 aromatic rings. The number of nitrogens with zero attached hydrogens (tertiary/aromatic N) is 1. The molecule has 214 valence electrons. The highest BCUT2D eigenvalue weighted by molar-refractivity contribution is 5.90. The van der Waals surface area contributed by atoms with Crippen LogP contribution in [0.15, 0.2) is 48.6 Å². The van der Waals surface area contributed by atoms with Crippen LogP contribution in [0, 0.1) is 11.3 Å². The number of methoxy groups -OCH3 is 1. The third kappa shape index (κ3) is 10.00. The van der Waals surface area contributed by atoms with Crippen LogP contribution in [0.25, 0.3) is 11.6 Å². The number of unbranched alkanes of at least 4 members (excludes halogenated alkanes) is 8. The summed E-state index contributed by atoms with van der Waals surface area (Å²) in [6.07, 6.45) is 11.9. The van der Waals surface area contributed by atoms with Crippen LogP contribution in [0.1, 0.15) is 75.8 Å². The molecule has 0 amide bonds. The normalized spacial score (nSPS) is 12.4. The predicted molar refractivity (Wildman–Crippen MR) is 157 cm³/mol. The van der Waals surface area contributed by atoms with E-state index in [1.807, 2.05) is 42.5 Å². The van der Waals surface area contributed by atoms with Crippen molar-refractivity contribution >= 4 is 17.6 Å². The van der Waals surface area contributed by atoms with Crippen molar-refractivity contribution in [1.29, 1.82) is 5.26 Å². The maximum Gasteiger partial charge on any atom is 0.333 e. The van der Waals surface area contributed by atoms with E-state index in [1.165, 1.54) is 32.1 Å². The monoisotopic (exact) mass is 547 g/mol. The first kappa shape index (κ1) is 30.6. The van der Waals surface area contributed by atoms with E-state index in [0.29, 0.717) is 54.8 Å². The molecule has 7 nitrogen and oxygen atoms in total. The molecule has 0 fully saturated rings. The summed E-state index contributed by atoms with van der Waals surface area (Å²) in [5.41, 5.74) is 2.60. The van der Waals surface area contributed by atoms with Crippen molar-refractivity contribution < 1.29 is 28.5 Å². The number of hydrogen-bond acceptors (Lipinski definition) is 7. The second kappa shape index (κ2) is 16.9. The molecule has 7 heteroatoms. The molecule has 2 aromatic carbocycles. The van der Waals surface area contributed by atoms with Gasteiger partial charge in [0.15, 0.2) is 23.0 Å². The van der Waals surface area contributed by atoms with Gasteiger partial charge in [-0.15, -0.1) is 0 Å². The van der Waals surface area contributed by atoms with E-state index >= 15 is 0 Å². The molecule has 0 radical (unpaired) electrons. The molecule has 1 aliphatic rings. The molecule has 0 saturated heterocycles. The molecule has 40 heavy (non-hydrogen) atoms. The van der Waals surface area contributed by atoms with Crippen molar-refractivity contribution in [2.45, 2.75) is 64.7 Å². The van der Waals surface area contributed by atoms with Crippen LogP contribution in [0.2, 0.25) is 0 Å². The summed E-state index contributed by atoms with van der Waals surface area (Å²) in [5.74, 6) is 2.40. The number of rotatable bonds is 17. The van der Waals surface area contributed by atoms with Crippen LogP contribution in [0.5, 0.6) is 23.0 Å². The van der Waals surface area contributed by atoms with Gasteiger partial charge in [-0.25, -0.2) is 4.79 Å². The molecule has 1 aliphatic heterocycles. The number of nitriles is 1. The Balaban J connectivity index is 1.35.